The summed E-state index contributed by atoms with van der Waals surface area (Å²) in [6, 6.07) is -1.15. The average molecular weight is 302 g/mol. The molecule has 1 rings (SSSR count). The second-order valence-corrected chi connectivity index (χ2v) is 2.86. The van der Waals surface area contributed by atoms with Crippen molar-refractivity contribution in [1.82, 2.24) is 20.5 Å². The molecule has 9 nitrogen and oxygen atoms in total. The van der Waals surface area contributed by atoms with E-state index in [1.54, 1.807) is 0 Å². The van der Waals surface area contributed by atoms with Crippen molar-refractivity contribution in [3.63, 3.8) is 0 Å². The van der Waals surface area contributed by atoms with Crippen LogP contribution in [0.4, 0.5) is 5.95 Å². The lowest BCUT2D eigenvalue weighted by Crippen LogP contribution is -2.44. The number of rotatable bonds is 5. The van der Waals surface area contributed by atoms with Crippen LogP contribution >= 0.6 is 24.8 Å². The van der Waals surface area contributed by atoms with Crippen LogP contribution in [0.25, 0.3) is 0 Å². The fraction of sp³-hybridized carbons (Fsp3) is 0.429. The highest BCUT2D eigenvalue weighted by Crippen LogP contribution is 1.94. The summed E-state index contributed by atoms with van der Waals surface area (Å²) < 4.78 is 4.64. The highest BCUT2D eigenvalue weighted by Gasteiger charge is 2.22. The third-order valence-electron chi connectivity index (χ3n) is 1.65. The summed E-state index contributed by atoms with van der Waals surface area (Å²) in [5, 5.41) is 16.6. The molecule has 11 heteroatoms. The van der Waals surface area contributed by atoms with Crippen LogP contribution in [0.15, 0.2) is 0 Å². The lowest BCUT2D eigenvalue weighted by Gasteiger charge is -2.11. The maximum Gasteiger partial charge on any atom is 0.328 e. The maximum absolute atomic E-state index is 11.4. The number of nitrogen functional groups attached to an aromatic ring is 1. The lowest BCUT2D eigenvalue weighted by atomic mass is 10.3. The second-order valence-electron chi connectivity index (χ2n) is 2.86. The number of aromatic nitrogens is 3. The number of hydrogen-bond donors (Lipinski definition) is 4. The molecule has 0 spiro atoms. The molecule has 104 valence electrons. The minimum Gasteiger partial charge on any atom is -0.480 e. The highest BCUT2D eigenvalue weighted by molar-refractivity contribution is 5.93. The van der Waals surface area contributed by atoms with Gasteiger partial charge in [-0.25, -0.2) is 4.79 Å². The van der Waals surface area contributed by atoms with Gasteiger partial charge in [0.25, 0.3) is 5.91 Å². The van der Waals surface area contributed by atoms with Gasteiger partial charge in [0.1, 0.15) is 0 Å². The van der Waals surface area contributed by atoms with Gasteiger partial charge < -0.3 is 20.9 Å². The van der Waals surface area contributed by atoms with Gasteiger partial charge in [-0.15, -0.1) is 29.9 Å². The molecule has 18 heavy (non-hydrogen) atoms. The van der Waals surface area contributed by atoms with Gasteiger partial charge in [-0.3, -0.25) is 9.89 Å². The van der Waals surface area contributed by atoms with E-state index in [1.807, 2.05) is 0 Å². The average Bonchev–Trinajstić information content (AvgIpc) is 2.64. The number of amides is 1. The predicted octanol–water partition coefficient (Wildman–Crippen LogP) is -0.940. The minimum atomic E-state index is -1.21. The first-order valence-electron chi connectivity index (χ1n) is 4.25. The molecule has 1 atom stereocenters. The molecular weight excluding hydrogens is 289 g/mol. The van der Waals surface area contributed by atoms with E-state index in [9.17, 15) is 9.59 Å². The number of carboxylic acid groups (broad SMARTS) is 1. The number of ether oxygens (including phenoxy) is 1. The third kappa shape index (κ3) is 5.17. The van der Waals surface area contributed by atoms with Crippen LogP contribution in [0.2, 0.25) is 0 Å². The SMILES string of the molecule is COCC(NC(=O)c1nc(N)n[nH]1)C(=O)O.Cl.Cl. The van der Waals surface area contributed by atoms with Crippen LogP contribution in [0.5, 0.6) is 0 Å². The Morgan fingerprint density at radius 3 is 2.56 bits per heavy atom. The molecule has 1 heterocycles. The number of nitrogens with one attached hydrogen (secondary N) is 2. The predicted molar refractivity (Wildman–Crippen MR) is 66.1 cm³/mol. The van der Waals surface area contributed by atoms with Crippen molar-refractivity contribution in [2.75, 3.05) is 19.5 Å². The van der Waals surface area contributed by atoms with Crippen LogP contribution in [0.1, 0.15) is 10.6 Å². The number of carbonyl (C=O) groups excluding carboxylic acids is 1. The summed E-state index contributed by atoms with van der Waals surface area (Å²) >= 11 is 0. The van der Waals surface area contributed by atoms with Crippen molar-refractivity contribution in [3.05, 3.63) is 5.82 Å². The van der Waals surface area contributed by atoms with Gasteiger partial charge in [0.15, 0.2) is 6.04 Å². The normalized spacial score (nSPS) is 10.7. The van der Waals surface area contributed by atoms with Crippen molar-refractivity contribution in [2.24, 2.45) is 0 Å². The number of methoxy groups -OCH3 is 1. The molecule has 1 amide bonds. The molecule has 0 radical (unpaired) electrons. The zero-order valence-corrected chi connectivity index (χ0v) is 10.9. The van der Waals surface area contributed by atoms with Crippen molar-refractivity contribution in [2.45, 2.75) is 6.04 Å². The standard InChI is InChI=1S/C7H11N5O4.2ClH/c1-16-2-3(6(14)15)9-5(13)4-10-7(8)12-11-4;;/h3H,2H2,1H3,(H,9,13)(H,14,15)(H3,8,10,11,12);2*1H. The summed E-state index contributed by atoms with van der Waals surface area (Å²) in [7, 11) is 1.33. The van der Waals surface area contributed by atoms with E-state index < -0.39 is 17.9 Å². The maximum atomic E-state index is 11.4. The molecule has 0 bridgehead atoms. The summed E-state index contributed by atoms with van der Waals surface area (Å²) in [6.07, 6.45) is 0. The Hall–Kier alpha value is -1.58. The van der Waals surface area contributed by atoms with Gasteiger partial charge in [-0.1, -0.05) is 0 Å². The number of carboxylic acids is 1. The molecule has 0 saturated heterocycles. The quantitative estimate of drug-likeness (QED) is 0.549. The monoisotopic (exact) mass is 301 g/mol. The topological polar surface area (TPSA) is 143 Å². The van der Waals surface area contributed by atoms with E-state index in [-0.39, 0.29) is 43.2 Å². The van der Waals surface area contributed by atoms with E-state index in [0.29, 0.717) is 0 Å². The van der Waals surface area contributed by atoms with Crippen molar-refractivity contribution in [1.29, 1.82) is 0 Å². The zero-order chi connectivity index (χ0) is 12.1. The Kier molecular flexibility index (Phi) is 8.87. The molecule has 5 N–H and O–H groups in total. The van der Waals surface area contributed by atoms with Crippen molar-refractivity contribution in [3.8, 4) is 0 Å². The number of aromatic amines is 1. The van der Waals surface area contributed by atoms with E-state index >= 15 is 0 Å². The molecule has 0 aromatic carbocycles. The van der Waals surface area contributed by atoms with E-state index in [1.165, 1.54) is 7.11 Å². The smallest absolute Gasteiger partial charge is 0.328 e. The van der Waals surface area contributed by atoms with E-state index in [4.69, 9.17) is 10.8 Å². The Labute approximate surface area is 114 Å². The Balaban J connectivity index is 0. The molecule has 0 saturated carbocycles. The summed E-state index contributed by atoms with van der Waals surface area (Å²) in [5.74, 6) is -2.17. The highest BCUT2D eigenvalue weighted by atomic mass is 35.5. The van der Waals surface area contributed by atoms with Crippen LogP contribution in [0.3, 0.4) is 0 Å². The molecule has 1 aromatic heterocycles. The number of carbonyl (C=O) groups is 2. The fourth-order valence-corrected chi connectivity index (χ4v) is 0.944. The zero-order valence-electron chi connectivity index (χ0n) is 9.24. The summed E-state index contributed by atoms with van der Waals surface area (Å²) in [6.45, 7) is -0.148. The van der Waals surface area contributed by atoms with Gasteiger partial charge in [-0.2, -0.15) is 4.98 Å². The Morgan fingerprint density at radius 1 is 1.56 bits per heavy atom. The summed E-state index contributed by atoms with van der Waals surface area (Å²) in [5.41, 5.74) is 5.19. The van der Waals surface area contributed by atoms with Gasteiger partial charge in [0, 0.05) is 7.11 Å². The van der Waals surface area contributed by atoms with Gasteiger partial charge in [0.05, 0.1) is 6.61 Å². The molecule has 1 aromatic rings. The first-order valence-corrected chi connectivity index (χ1v) is 4.25. The molecule has 0 aliphatic carbocycles. The first kappa shape index (κ1) is 18.8. The lowest BCUT2D eigenvalue weighted by molar-refractivity contribution is -0.140. The second kappa shape index (κ2) is 8.50. The Morgan fingerprint density at radius 2 is 2.17 bits per heavy atom. The number of H-pyrrole nitrogens is 1. The summed E-state index contributed by atoms with van der Waals surface area (Å²) in [4.78, 5) is 25.7. The van der Waals surface area contributed by atoms with E-state index in [0.717, 1.165) is 0 Å². The largest absolute Gasteiger partial charge is 0.480 e. The van der Waals surface area contributed by atoms with Crippen LogP contribution in [-0.2, 0) is 9.53 Å². The Bertz CT molecular complexity index is 399. The number of hydrogen-bond acceptors (Lipinski definition) is 6. The number of nitrogens with two attached hydrogens (primary N) is 1. The number of halogens is 2. The molecule has 0 fully saturated rings. The van der Waals surface area contributed by atoms with Gasteiger partial charge in [-0.05, 0) is 0 Å². The number of aliphatic carboxylic acids is 1. The van der Waals surface area contributed by atoms with Gasteiger partial charge >= 0.3 is 5.97 Å². The van der Waals surface area contributed by atoms with Crippen LogP contribution in [-0.4, -0.2) is 51.9 Å². The van der Waals surface area contributed by atoms with E-state index in [2.05, 4.69) is 25.2 Å². The molecule has 0 aliphatic rings. The van der Waals surface area contributed by atoms with Crippen LogP contribution in [0, 0.1) is 0 Å². The molecule has 1 unspecified atom stereocenters. The number of nitrogens with zero attached hydrogens (tertiary/aromatic N) is 2. The van der Waals surface area contributed by atoms with Crippen molar-refractivity contribution >= 4 is 42.6 Å². The number of anilines is 1. The molecule has 0 aliphatic heterocycles. The van der Waals surface area contributed by atoms with Gasteiger partial charge in [0.2, 0.25) is 11.8 Å². The first-order chi connectivity index (χ1) is 7.54. The minimum absolute atomic E-state index is 0. The molecular formula is C7H13Cl2N5O4. The third-order valence-corrected chi connectivity index (χ3v) is 1.65. The fourth-order valence-electron chi connectivity index (χ4n) is 0.944. The van der Waals surface area contributed by atoms with Crippen molar-refractivity contribution < 1.29 is 19.4 Å². The van der Waals surface area contributed by atoms with Crippen LogP contribution < -0.4 is 11.1 Å².